The number of benzene rings is 8. The van der Waals surface area contributed by atoms with E-state index in [9.17, 15) is 0 Å². The van der Waals surface area contributed by atoms with Crippen LogP contribution < -0.4 is 0 Å². The molecule has 4 heterocycles. The first-order chi connectivity index (χ1) is 24.8. The lowest BCUT2D eigenvalue weighted by atomic mass is 9.84. The summed E-state index contributed by atoms with van der Waals surface area (Å²) in [6, 6.07) is 50.2. The van der Waals surface area contributed by atoms with Gasteiger partial charge in [0.05, 0.1) is 9.40 Å². The molecule has 12 aromatic rings. The Kier molecular flexibility index (Phi) is 5.29. The predicted octanol–water partition coefficient (Wildman–Crippen LogP) is 14.7. The van der Waals surface area contributed by atoms with Crippen molar-refractivity contribution in [3.05, 3.63) is 145 Å². The molecule has 0 saturated carbocycles. The molecule has 8 aromatic carbocycles. The third-order valence-electron chi connectivity index (χ3n) is 10.5. The molecule has 0 saturated heterocycles. The second-order valence-electron chi connectivity index (χ2n) is 13.1. The Bertz CT molecular complexity index is 3320. The summed E-state index contributed by atoms with van der Waals surface area (Å²) >= 11 is 3.77. The summed E-state index contributed by atoms with van der Waals surface area (Å²) < 4.78 is 17.5. The van der Waals surface area contributed by atoms with Gasteiger partial charge in [-0.15, -0.1) is 22.7 Å². The van der Waals surface area contributed by atoms with Gasteiger partial charge >= 0.3 is 0 Å². The van der Waals surface area contributed by atoms with Gasteiger partial charge in [0, 0.05) is 59.1 Å². The number of para-hydroxylation sites is 2. The molecule has 232 valence electrons. The molecule has 4 aromatic heterocycles. The molecule has 0 unspecified atom stereocenters. The molecule has 0 amide bonds. The van der Waals surface area contributed by atoms with Crippen LogP contribution >= 0.6 is 22.7 Å². The maximum atomic E-state index is 6.85. The van der Waals surface area contributed by atoms with Crippen molar-refractivity contribution in [2.75, 3.05) is 0 Å². The van der Waals surface area contributed by atoms with Crippen molar-refractivity contribution in [1.82, 2.24) is 0 Å². The first-order valence-electron chi connectivity index (χ1n) is 16.8. The number of hydrogen-bond donors (Lipinski definition) is 0. The van der Waals surface area contributed by atoms with Gasteiger partial charge in [0.1, 0.15) is 22.3 Å². The lowest BCUT2D eigenvalue weighted by Gasteiger charge is -2.18. The highest BCUT2D eigenvalue weighted by molar-refractivity contribution is 7.30. The molecule has 0 aliphatic carbocycles. The quantitative estimate of drug-likeness (QED) is 0.171. The maximum absolute atomic E-state index is 6.85. The minimum Gasteiger partial charge on any atom is -0.456 e. The van der Waals surface area contributed by atoms with Gasteiger partial charge in [-0.3, -0.25) is 0 Å². The van der Waals surface area contributed by atoms with E-state index in [0.29, 0.717) is 0 Å². The van der Waals surface area contributed by atoms with E-state index in [2.05, 4.69) is 133 Å². The fourth-order valence-corrected chi connectivity index (χ4v) is 10.9. The van der Waals surface area contributed by atoms with Crippen molar-refractivity contribution in [1.29, 1.82) is 0 Å². The van der Waals surface area contributed by atoms with Crippen LogP contribution in [0.3, 0.4) is 0 Å². The zero-order valence-corrected chi connectivity index (χ0v) is 28.1. The zero-order valence-electron chi connectivity index (χ0n) is 26.5. The van der Waals surface area contributed by atoms with Crippen molar-refractivity contribution < 1.29 is 8.83 Å². The second-order valence-corrected chi connectivity index (χ2v) is 15.0. The Hall–Kier alpha value is -5.94. The van der Waals surface area contributed by atoms with Crippen LogP contribution in [0, 0.1) is 0 Å². The van der Waals surface area contributed by atoms with Gasteiger partial charge in [0.15, 0.2) is 0 Å². The fourth-order valence-electron chi connectivity index (χ4n) is 8.46. The fraction of sp³-hybridized carbons (Fsp3) is 0. The van der Waals surface area contributed by atoms with Crippen molar-refractivity contribution in [2.45, 2.75) is 0 Å². The highest BCUT2D eigenvalue weighted by Gasteiger charge is 2.26. The Morgan fingerprint density at radius 1 is 0.380 bits per heavy atom. The molecular weight excluding hydrogens is 649 g/mol. The van der Waals surface area contributed by atoms with Gasteiger partial charge in [-0.05, 0) is 56.8 Å². The van der Waals surface area contributed by atoms with Crippen molar-refractivity contribution in [3.8, 4) is 22.3 Å². The second kappa shape index (κ2) is 9.82. The summed E-state index contributed by atoms with van der Waals surface area (Å²) in [6.07, 6.45) is 0. The molecule has 0 aliphatic rings. The van der Waals surface area contributed by atoms with Crippen LogP contribution in [-0.4, -0.2) is 0 Å². The summed E-state index contributed by atoms with van der Waals surface area (Å²) in [5, 5.41) is 15.5. The molecule has 2 nitrogen and oxygen atoms in total. The molecule has 0 atom stereocenters. The Balaban J connectivity index is 1.26. The van der Waals surface area contributed by atoms with Crippen LogP contribution in [0.1, 0.15) is 0 Å². The summed E-state index contributed by atoms with van der Waals surface area (Å²) in [4.78, 5) is 0. The van der Waals surface area contributed by atoms with E-state index >= 15 is 0 Å². The van der Waals surface area contributed by atoms with Gasteiger partial charge in [-0.2, -0.15) is 0 Å². The molecule has 4 heteroatoms. The average molecular weight is 673 g/mol. The van der Waals surface area contributed by atoms with Crippen LogP contribution in [0.2, 0.25) is 0 Å². The normalized spacial score (nSPS) is 12.4. The molecule has 12 rings (SSSR count). The van der Waals surface area contributed by atoms with Crippen LogP contribution in [0.4, 0.5) is 0 Å². The SMILES string of the molecule is c1ccc2c(c1)oc1c(-c3c4ccccc4c(-c4csc5c4ccc4c6ccccc6sc45)c4ccccc34)c3c(cc12)oc1ccccc13. The Morgan fingerprint density at radius 3 is 1.70 bits per heavy atom. The molecular formula is C46H24O2S2. The molecule has 0 bridgehead atoms. The van der Waals surface area contributed by atoms with Crippen LogP contribution in [0.15, 0.2) is 154 Å². The van der Waals surface area contributed by atoms with E-state index in [1.165, 1.54) is 68.5 Å². The molecule has 50 heavy (non-hydrogen) atoms. The summed E-state index contributed by atoms with van der Waals surface area (Å²) in [5.74, 6) is 0. The predicted molar refractivity (Wildman–Crippen MR) is 215 cm³/mol. The lowest BCUT2D eigenvalue weighted by Crippen LogP contribution is -1.91. The molecule has 0 N–H and O–H groups in total. The van der Waals surface area contributed by atoms with Crippen molar-refractivity contribution in [3.63, 3.8) is 0 Å². The topological polar surface area (TPSA) is 26.3 Å². The molecule has 0 fully saturated rings. The lowest BCUT2D eigenvalue weighted by molar-refractivity contribution is 0.664. The van der Waals surface area contributed by atoms with Gasteiger partial charge in [0.2, 0.25) is 0 Å². The van der Waals surface area contributed by atoms with Gasteiger partial charge in [0.25, 0.3) is 0 Å². The Labute approximate surface area is 293 Å². The number of rotatable bonds is 2. The van der Waals surface area contributed by atoms with Gasteiger partial charge < -0.3 is 8.83 Å². The number of thiophene rings is 2. The molecule has 0 radical (unpaired) electrons. The van der Waals surface area contributed by atoms with E-state index in [4.69, 9.17) is 8.83 Å². The first-order valence-corrected chi connectivity index (χ1v) is 18.5. The summed E-state index contributed by atoms with van der Waals surface area (Å²) in [5.41, 5.74) is 8.33. The van der Waals surface area contributed by atoms with E-state index in [1.54, 1.807) is 0 Å². The third kappa shape index (κ3) is 3.46. The van der Waals surface area contributed by atoms with E-state index < -0.39 is 0 Å². The van der Waals surface area contributed by atoms with Crippen LogP contribution in [0.25, 0.3) is 118 Å². The van der Waals surface area contributed by atoms with E-state index in [1.807, 2.05) is 34.8 Å². The maximum Gasteiger partial charge on any atom is 0.144 e. The third-order valence-corrected chi connectivity index (χ3v) is 12.9. The smallest absolute Gasteiger partial charge is 0.144 e. The zero-order chi connectivity index (χ0) is 32.5. The standard InChI is InChI=1S/C46H24O2S2/c1-3-15-29-27(13-1)40(35-24-49-45-32(35)22-21-31-26-12-7-10-20-39(26)50-46(31)45)28-14-2-4-16-30(28)41(29)43-42-33-17-6-9-19-37(33)47-38(42)23-34-25-11-5-8-18-36(25)48-44(34)43/h1-24H. The Morgan fingerprint density at radius 2 is 0.960 bits per heavy atom. The van der Waals surface area contributed by atoms with E-state index in [0.717, 1.165) is 49.4 Å². The van der Waals surface area contributed by atoms with Crippen LogP contribution in [0.5, 0.6) is 0 Å². The largest absolute Gasteiger partial charge is 0.456 e. The molecule has 0 spiro atoms. The van der Waals surface area contributed by atoms with Gasteiger partial charge in [-0.25, -0.2) is 0 Å². The van der Waals surface area contributed by atoms with Gasteiger partial charge in [-0.1, -0.05) is 115 Å². The highest BCUT2D eigenvalue weighted by atomic mass is 32.1. The average Bonchev–Trinajstić information content (AvgIpc) is 3.94. The number of hydrogen-bond acceptors (Lipinski definition) is 4. The highest BCUT2D eigenvalue weighted by Crippen LogP contribution is 2.52. The first kappa shape index (κ1) is 26.9. The minimum atomic E-state index is 0.869. The minimum absolute atomic E-state index is 0.869. The van der Waals surface area contributed by atoms with E-state index in [-0.39, 0.29) is 0 Å². The summed E-state index contributed by atoms with van der Waals surface area (Å²) in [7, 11) is 0. The number of furan rings is 2. The molecule has 0 aliphatic heterocycles. The van der Waals surface area contributed by atoms with Crippen molar-refractivity contribution in [2.24, 2.45) is 0 Å². The number of fused-ring (bicyclic) bond motifs is 13. The summed E-state index contributed by atoms with van der Waals surface area (Å²) in [6.45, 7) is 0. The van der Waals surface area contributed by atoms with Crippen molar-refractivity contribution >= 4 is 118 Å². The monoisotopic (exact) mass is 672 g/mol. The van der Waals surface area contributed by atoms with Crippen LogP contribution in [-0.2, 0) is 0 Å².